The fourth-order valence-corrected chi connectivity index (χ4v) is 1.69. The molecule has 0 aliphatic heterocycles. The Balaban J connectivity index is 2.06. The van der Waals surface area contributed by atoms with Gasteiger partial charge in [0.15, 0.2) is 0 Å². The molecule has 110 valence electrons. The van der Waals surface area contributed by atoms with E-state index >= 15 is 0 Å². The van der Waals surface area contributed by atoms with Crippen LogP contribution < -0.4 is 15.4 Å². The zero-order chi connectivity index (χ0) is 15.2. The second-order valence-electron chi connectivity index (χ2n) is 4.77. The molecule has 0 unspecified atom stereocenters. The zero-order valence-corrected chi connectivity index (χ0v) is 12.3. The van der Waals surface area contributed by atoms with Gasteiger partial charge >= 0.3 is 0 Å². The van der Waals surface area contributed by atoms with Gasteiger partial charge in [-0.15, -0.1) is 0 Å². The van der Waals surface area contributed by atoms with E-state index in [0.717, 1.165) is 11.4 Å². The van der Waals surface area contributed by atoms with Gasteiger partial charge in [0.05, 0.1) is 19.5 Å². The highest BCUT2D eigenvalue weighted by molar-refractivity contribution is 5.92. The summed E-state index contributed by atoms with van der Waals surface area (Å²) in [6.07, 6.45) is 2.97. The topological polar surface area (TPSA) is 76.1 Å². The van der Waals surface area contributed by atoms with Crippen LogP contribution in [0.5, 0.6) is 5.75 Å². The highest BCUT2D eigenvalue weighted by atomic mass is 16.5. The molecule has 0 aliphatic rings. The van der Waals surface area contributed by atoms with Crippen molar-refractivity contribution < 1.29 is 9.53 Å². The van der Waals surface area contributed by atoms with Gasteiger partial charge in [-0.3, -0.25) is 4.79 Å². The first-order valence-corrected chi connectivity index (χ1v) is 6.62. The normalized spacial score (nSPS) is 10.3. The average Bonchev–Trinajstić information content (AvgIpc) is 2.47. The lowest BCUT2D eigenvalue weighted by Gasteiger charge is -2.09. The molecule has 0 saturated carbocycles. The Labute approximate surface area is 123 Å². The van der Waals surface area contributed by atoms with Crippen molar-refractivity contribution in [1.29, 1.82) is 0 Å². The Hall–Kier alpha value is -2.63. The van der Waals surface area contributed by atoms with E-state index in [9.17, 15) is 4.79 Å². The van der Waals surface area contributed by atoms with E-state index in [4.69, 9.17) is 4.74 Å². The van der Waals surface area contributed by atoms with Gasteiger partial charge in [0.1, 0.15) is 17.3 Å². The van der Waals surface area contributed by atoms with Crippen LogP contribution in [-0.4, -0.2) is 29.0 Å². The number of hydrogen-bond donors (Lipinski definition) is 2. The molecular formula is C15H18N4O2. The lowest BCUT2D eigenvalue weighted by atomic mass is 10.3. The monoisotopic (exact) mass is 286 g/mol. The summed E-state index contributed by atoms with van der Waals surface area (Å²) in [7, 11) is 1.61. The molecule has 0 saturated heterocycles. The van der Waals surface area contributed by atoms with Crippen molar-refractivity contribution >= 4 is 17.4 Å². The van der Waals surface area contributed by atoms with Crippen molar-refractivity contribution in [1.82, 2.24) is 15.3 Å². The number of amides is 1. The van der Waals surface area contributed by atoms with Gasteiger partial charge in [0.25, 0.3) is 5.91 Å². The number of rotatable bonds is 5. The predicted octanol–water partition coefficient (Wildman–Crippen LogP) is 2.37. The highest BCUT2D eigenvalue weighted by Crippen LogP contribution is 2.19. The summed E-state index contributed by atoms with van der Waals surface area (Å²) in [6.45, 7) is 3.79. The molecule has 2 rings (SSSR count). The first kappa shape index (κ1) is 14.8. The van der Waals surface area contributed by atoms with E-state index in [-0.39, 0.29) is 11.9 Å². The fourth-order valence-electron chi connectivity index (χ4n) is 1.69. The summed E-state index contributed by atoms with van der Waals surface area (Å²) in [5.41, 5.74) is 1.13. The Bertz CT molecular complexity index is 611. The van der Waals surface area contributed by atoms with Gasteiger partial charge in [-0.05, 0) is 26.0 Å². The first-order valence-electron chi connectivity index (χ1n) is 6.62. The predicted molar refractivity (Wildman–Crippen MR) is 80.9 cm³/mol. The fraction of sp³-hybridized carbons (Fsp3) is 0.267. The van der Waals surface area contributed by atoms with E-state index in [1.165, 1.54) is 12.4 Å². The van der Waals surface area contributed by atoms with Crippen LogP contribution >= 0.6 is 0 Å². The molecule has 0 radical (unpaired) electrons. The summed E-state index contributed by atoms with van der Waals surface area (Å²) < 4.78 is 5.15. The van der Waals surface area contributed by atoms with Crippen molar-refractivity contribution in [3.8, 4) is 5.75 Å². The lowest BCUT2D eigenvalue weighted by molar-refractivity contribution is 0.0937. The number of methoxy groups -OCH3 is 1. The molecule has 21 heavy (non-hydrogen) atoms. The second kappa shape index (κ2) is 6.69. The minimum absolute atomic E-state index is 0.0638. The van der Waals surface area contributed by atoms with Crippen LogP contribution in [0.3, 0.4) is 0 Å². The molecule has 6 nitrogen and oxygen atoms in total. The van der Waals surface area contributed by atoms with E-state index in [1.54, 1.807) is 7.11 Å². The standard InChI is InChI=1S/C15H18N4O2/c1-10(2)18-15(20)13-8-17-14(9-16-13)19-11-5-4-6-12(7-11)21-3/h4-10H,1-3H3,(H,17,19)(H,18,20). The van der Waals surface area contributed by atoms with Crippen LogP contribution in [0.25, 0.3) is 0 Å². The molecule has 0 fully saturated rings. The third-order valence-electron chi connectivity index (χ3n) is 2.65. The largest absolute Gasteiger partial charge is 0.497 e. The van der Waals surface area contributed by atoms with Crippen LogP contribution in [0.1, 0.15) is 24.3 Å². The number of ether oxygens (including phenoxy) is 1. The number of carbonyl (C=O) groups excluding carboxylic acids is 1. The van der Waals surface area contributed by atoms with Crippen molar-refractivity contribution in [3.63, 3.8) is 0 Å². The van der Waals surface area contributed by atoms with Crippen LogP contribution in [0.2, 0.25) is 0 Å². The Morgan fingerprint density at radius 2 is 2.05 bits per heavy atom. The van der Waals surface area contributed by atoms with Crippen LogP contribution in [0.15, 0.2) is 36.7 Å². The van der Waals surface area contributed by atoms with E-state index in [0.29, 0.717) is 11.5 Å². The number of carbonyl (C=O) groups is 1. The van der Waals surface area contributed by atoms with E-state index in [1.807, 2.05) is 38.1 Å². The molecule has 1 aromatic carbocycles. The van der Waals surface area contributed by atoms with Crippen molar-refractivity contribution in [3.05, 3.63) is 42.4 Å². The van der Waals surface area contributed by atoms with Gasteiger partial charge in [0, 0.05) is 17.8 Å². The molecule has 1 aromatic heterocycles. The molecule has 0 aliphatic carbocycles. The summed E-state index contributed by atoms with van der Waals surface area (Å²) in [6, 6.07) is 7.54. The maximum Gasteiger partial charge on any atom is 0.271 e. The Kier molecular flexibility index (Phi) is 4.71. The number of nitrogens with one attached hydrogen (secondary N) is 2. The summed E-state index contributed by atoms with van der Waals surface area (Å²) in [4.78, 5) is 20.0. The van der Waals surface area contributed by atoms with Crippen LogP contribution in [0, 0.1) is 0 Å². The molecule has 2 N–H and O–H groups in total. The first-order chi connectivity index (χ1) is 10.1. The lowest BCUT2D eigenvalue weighted by Crippen LogP contribution is -2.30. The molecule has 1 heterocycles. The smallest absolute Gasteiger partial charge is 0.271 e. The average molecular weight is 286 g/mol. The minimum Gasteiger partial charge on any atom is -0.497 e. The third kappa shape index (κ3) is 4.17. The minimum atomic E-state index is -0.231. The summed E-state index contributed by atoms with van der Waals surface area (Å²) >= 11 is 0. The molecule has 0 atom stereocenters. The molecule has 0 bridgehead atoms. The molecule has 6 heteroatoms. The Morgan fingerprint density at radius 1 is 1.24 bits per heavy atom. The SMILES string of the molecule is COc1cccc(Nc2cnc(C(=O)NC(C)C)cn2)c1. The van der Waals surface area contributed by atoms with Gasteiger partial charge in [-0.25, -0.2) is 9.97 Å². The molecule has 2 aromatic rings. The number of anilines is 2. The van der Waals surface area contributed by atoms with Gasteiger partial charge < -0.3 is 15.4 Å². The number of nitrogens with zero attached hydrogens (tertiary/aromatic N) is 2. The van der Waals surface area contributed by atoms with E-state index in [2.05, 4.69) is 20.6 Å². The van der Waals surface area contributed by atoms with E-state index < -0.39 is 0 Å². The number of hydrogen-bond acceptors (Lipinski definition) is 5. The van der Waals surface area contributed by atoms with Gasteiger partial charge in [-0.1, -0.05) is 6.07 Å². The third-order valence-corrected chi connectivity index (χ3v) is 2.65. The maximum atomic E-state index is 11.8. The van der Waals surface area contributed by atoms with Gasteiger partial charge in [0.2, 0.25) is 0 Å². The van der Waals surface area contributed by atoms with Gasteiger partial charge in [-0.2, -0.15) is 0 Å². The van der Waals surface area contributed by atoms with Crippen LogP contribution in [-0.2, 0) is 0 Å². The van der Waals surface area contributed by atoms with Crippen molar-refractivity contribution in [2.75, 3.05) is 12.4 Å². The quantitative estimate of drug-likeness (QED) is 0.882. The van der Waals surface area contributed by atoms with Crippen LogP contribution in [0.4, 0.5) is 11.5 Å². The van der Waals surface area contributed by atoms with Crippen molar-refractivity contribution in [2.24, 2.45) is 0 Å². The van der Waals surface area contributed by atoms with Crippen molar-refractivity contribution in [2.45, 2.75) is 19.9 Å². The number of aromatic nitrogens is 2. The molecule has 1 amide bonds. The maximum absolute atomic E-state index is 11.8. The summed E-state index contributed by atoms with van der Waals surface area (Å²) in [5.74, 6) is 1.08. The second-order valence-corrected chi connectivity index (χ2v) is 4.77. The highest BCUT2D eigenvalue weighted by Gasteiger charge is 2.09. The molecule has 0 spiro atoms. The summed E-state index contributed by atoms with van der Waals surface area (Å²) in [5, 5.41) is 5.87. The zero-order valence-electron chi connectivity index (χ0n) is 12.3. The molecular weight excluding hydrogens is 268 g/mol. The Morgan fingerprint density at radius 3 is 2.67 bits per heavy atom. The number of benzene rings is 1.